The molecular formula is C25H29NO4. The molecule has 1 unspecified atom stereocenters. The van der Waals surface area contributed by atoms with Crippen LogP contribution in [0, 0.1) is 6.92 Å². The number of aliphatic hydroxyl groups is 1. The van der Waals surface area contributed by atoms with Gasteiger partial charge in [-0.15, -0.1) is 0 Å². The molecule has 0 bridgehead atoms. The largest absolute Gasteiger partial charge is 0.507 e. The highest BCUT2D eigenvalue weighted by Crippen LogP contribution is 2.40. The summed E-state index contributed by atoms with van der Waals surface area (Å²) in [5, 5.41) is 11.1. The van der Waals surface area contributed by atoms with Crippen molar-refractivity contribution in [3.05, 3.63) is 70.3 Å². The first-order valence-corrected chi connectivity index (χ1v) is 10.5. The molecule has 1 aliphatic heterocycles. The molecule has 2 aromatic carbocycles. The molecule has 30 heavy (non-hydrogen) atoms. The Morgan fingerprint density at radius 3 is 2.33 bits per heavy atom. The van der Waals surface area contributed by atoms with E-state index >= 15 is 0 Å². The van der Waals surface area contributed by atoms with E-state index in [1.165, 1.54) is 5.56 Å². The van der Waals surface area contributed by atoms with Gasteiger partial charge in [0.2, 0.25) is 0 Å². The highest BCUT2D eigenvalue weighted by atomic mass is 16.5. The highest BCUT2D eigenvalue weighted by Gasteiger charge is 2.45. The molecule has 0 aromatic heterocycles. The van der Waals surface area contributed by atoms with Crippen molar-refractivity contribution in [1.29, 1.82) is 0 Å². The fourth-order valence-electron chi connectivity index (χ4n) is 3.90. The second-order valence-electron chi connectivity index (χ2n) is 7.50. The van der Waals surface area contributed by atoms with Crippen LogP contribution in [0.25, 0.3) is 5.76 Å². The predicted molar refractivity (Wildman–Crippen MR) is 117 cm³/mol. The van der Waals surface area contributed by atoms with Gasteiger partial charge in [0, 0.05) is 12.1 Å². The molecule has 0 spiro atoms. The van der Waals surface area contributed by atoms with E-state index < -0.39 is 17.7 Å². The number of likely N-dealkylation sites (tertiary alicyclic amines) is 1. The monoisotopic (exact) mass is 407 g/mol. The van der Waals surface area contributed by atoms with Gasteiger partial charge in [-0.25, -0.2) is 0 Å². The van der Waals surface area contributed by atoms with Crippen LogP contribution in [0.15, 0.2) is 48.0 Å². The molecule has 158 valence electrons. The molecule has 1 N–H and O–H groups in total. The fourth-order valence-corrected chi connectivity index (χ4v) is 3.90. The smallest absolute Gasteiger partial charge is 0.295 e. The van der Waals surface area contributed by atoms with Crippen molar-refractivity contribution < 1.29 is 19.4 Å². The van der Waals surface area contributed by atoms with E-state index in [2.05, 4.69) is 6.92 Å². The lowest BCUT2D eigenvalue weighted by Crippen LogP contribution is -2.30. The molecule has 2 aromatic rings. The van der Waals surface area contributed by atoms with Crippen molar-refractivity contribution >= 4 is 17.4 Å². The van der Waals surface area contributed by atoms with Crippen molar-refractivity contribution in [2.75, 3.05) is 13.2 Å². The van der Waals surface area contributed by atoms with E-state index in [9.17, 15) is 14.7 Å². The zero-order valence-corrected chi connectivity index (χ0v) is 18.1. The molecule has 1 amide bonds. The van der Waals surface area contributed by atoms with Gasteiger partial charge < -0.3 is 14.7 Å². The van der Waals surface area contributed by atoms with Gasteiger partial charge in [0.05, 0.1) is 18.2 Å². The maximum atomic E-state index is 12.9. The van der Waals surface area contributed by atoms with E-state index in [1.54, 1.807) is 23.1 Å². The number of carbonyl (C=O) groups excluding carboxylic acids is 2. The Balaban J connectivity index is 2.13. The zero-order chi connectivity index (χ0) is 21.8. The van der Waals surface area contributed by atoms with Gasteiger partial charge in [-0.3, -0.25) is 9.59 Å². The standard InChI is InChI=1S/C25H29NO4/c1-5-14-26-22(18-10-8-17(6-2)9-11-18)21(24(28)25(26)29)23(27)19-12-13-20(30-7-3)16(4)15-19/h8-13,15,22,27H,5-7,14H2,1-4H3/b23-21-. The molecule has 5 heteroatoms. The molecule has 0 aliphatic carbocycles. The molecule has 0 saturated carbocycles. The molecule has 0 radical (unpaired) electrons. The molecule has 5 nitrogen and oxygen atoms in total. The van der Waals surface area contributed by atoms with Crippen LogP contribution in [-0.2, 0) is 16.0 Å². The Kier molecular flexibility index (Phi) is 6.60. The third-order valence-electron chi connectivity index (χ3n) is 5.46. The normalized spacial score (nSPS) is 18.1. The average molecular weight is 408 g/mol. The van der Waals surface area contributed by atoms with Crippen LogP contribution in [0.5, 0.6) is 5.75 Å². The first kappa shape index (κ1) is 21.6. The maximum Gasteiger partial charge on any atom is 0.295 e. The minimum absolute atomic E-state index is 0.140. The van der Waals surface area contributed by atoms with E-state index in [0.717, 1.165) is 29.7 Å². The van der Waals surface area contributed by atoms with E-state index in [0.29, 0.717) is 18.7 Å². The zero-order valence-electron chi connectivity index (χ0n) is 18.1. The number of amides is 1. The molecule has 1 aliphatic rings. The highest BCUT2D eigenvalue weighted by molar-refractivity contribution is 6.46. The van der Waals surface area contributed by atoms with Crippen LogP contribution in [0.3, 0.4) is 0 Å². The average Bonchev–Trinajstić information content (AvgIpc) is 3.00. The van der Waals surface area contributed by atoms with E-state index in [4.69, 9.17) is 4.74 Å². The van der Waals surface area contributed by atoms with Crippen molar-refractivity contribution in [1.82, 2.24) is 4.90 Å². The SMILES string of the molecule is CCCN1C(=O)C(=O)/C(=C(\O)c2ccc(OCC)c(C)c2)C1c1ccc(CC)cc1. The number of benzene rings is 2. The number of ether oxygens (including phenoxy) is 1. The minimum Gasteiger partial charge on any atom is -0.507 e. The van der Waals surface area contributed by atoms with Gasteiger partial charge in [0.1, 0.15) is 11.5 Å². The number of aryl methyl sites for hydroxylation is 2. The van der Waals surface area contributed by atoms with Crippen LogP contribution >= 0.6 is 0 Å². The number of carbonyl (C=O) groups is 2. The number of rotatable bonds is 7. The van der Waals surface area contributed by atoms with Crippen LogP contribution in [-0.4, -0.2) is 34.8 Å². The topological polar surface area (TPSA) is 66.8 Å². The summed E-state index contributed by atoms with van der Waals surface area (Å²) in [5.41, 5.74) is 3.49. The second kappa shape index (κ2) is 9.16. The summed E-state index contributed by atoms with van der Waals surface area (Å²) >= 11 is 0. The number of Topliss-reactive ketones (excluding diaryl/α,β-unsaturated/α-hetero) is 1. The van der Waals surface area contributed by atoms with Gasteiger partial charge in [-0.1, -0.05) is 38.1 Å². The molecule has 1 saturated heterocycles. The summed E-state index contributed by atoms with van der Waals surface area (Å²) in [4.78, 5) is 27.3. The van der Waals surface area contributed by atoms with Crippen molar-refractivity contribution in [3.8, 4) is 5.75 Å². The Morgan fingerprint density at radius 1 is 1.07 bits per heavy atom. The van der Waals surface area contributed by atoms with Crippen molar-refractivity contribution in [3.63, 3.8) is 0 Å². The Morgan fingerprint density at radius 2 is 1.77 bits per heavy atom. The Hall–Kier alpha value is -3.08. The number of aliphatic hydroxyl groups excluding tert-OH is 1. The van der Waals surface area contributed by atoms with Crippen LogP contribution < -0.4 is 4.74 Å². The maximum absolute atomic E-state index is 12.9. The third-order valence-corrected chi connectivity index (χ3v) is 5.46. The van der Waals surface area contributed by atoms with Crippen LogP contribution in [0.1, 0.15) is 55.5 Å². The third kappa shape index (κ3) is 3.97. The number of hydrogen-bond acceptors (Lipinski definition) is 4. The van der Waals surface area contributed by atoms with Crippen LogP contribution in [0.4, 0.5) is 0 Å². The quantitative estimate of drug-likeness (QED) is 0.407. The Bertz CT molecular complexity index is 975. The molecule has 1 fully saturated rings. The lowest BCUT2D eigenvalue weighted by atomic mass is 9.94. The van der Waals surface area contributed by atoms with E-state index in [-0.39, 0.29) is 11.3 Å². The summed E-state index contributed by atoms with van der Waals surface area (Å²) in [6, 6.07) is 12.6. The lowest BCUT2D eigenvalue weighted by Gasteiger charge is -2.25. The lowest BCUT2D eigenvalue weighted by molar-refractivity contribution is -0.139. The van der Waals surface area contributed by atoms with Gasteiger partial charge >= 0.3 is 0 Å². The number of nitrogens with zero attached hydrogens (tertiary/aromatic N) is 1. The summed E-state index contributed by atoms with van der Waals surface area (Å²) in [7, 11) is 0. The summed E-state index contributed by atoms with van der Waals surface area (Å²) < 4.78 is 5.57. The molecule has 1 heterocycles. The number of hydrogen-bond donors (Lipinski definition) is 1. The van der Waals surface area contributed by atoms with Gasteiger partial charge in [-0.2, -0.15) is 0 Å². The first-order chi connectivity index (χ1) is 14.4. The first-order valence-electron chi connectivity index (χ1n) is 10.5. The van der Waals surface area contributed by atoms with Gasteiger partial charge in [0.15, 0.2) is 0 Å². The van der Waals surface area contributed by atoms with Crippen LogP contribution in [0.2, 0.25) is 0 Å². The second-order valence-corrected chi connectivity index (χ2v) is 7.50. The van der Waals surface area contributed by atoms with Gasteiger partial charge in [-0.05, 0) is 61.6 Å². The molecular weight excluding hydrogens is 378 g/mol. The Labute approximate surface area is 178 Å². The minimum atomic E-state index is -0.642. The van der Waals surface area contributed by atoms with E-state index in [1.807, 2.05) is 45.0 Å². The fraction of sp³-hybridized carbons (Fsp3) is 0.360. The summed E-state index contributed by atoms with van der Waals surface area (Å²) in [5.74, 6) is -0.627. The molecule has 1 atom stereocenters. The van der Waals surface area contributed by atoms with Crippen molar-refractivity contribution in [2.45, 2.75) is 46.6 Å². The van der Waals surface area contributed by atoms with Crippen molar-refractivity contribution in [2.24, 2.45) is 0 Å². The predicted octanol–water partition coefficient (Wildman–Crippen LogP) is 4.79. The summed E-state index contributed by atoms with van der Waals surface area (Å²) in [6.07, 6.45) is 1.62. The summed E-state index contributed by atoms with van der Waals surface area (Å²) in [6.45, 7) is 8.83. The molecule has 3 rings (SSSR count). The van der Waals surface area contributed by atoms with Gasteiger partial charge in [0.25, 0.3) is 11.7 Å². The number of ketones is 1.